The van der Waals surface area contributed by atoms with Crippen LogP contribution in [-0.4, -0.2) is 9.78 Å². The van der Waals surface area contributed by atoms with Crippen LogP contribution >= 0.6 is 15.9 Å². The Morgan fingerprint density at radius 1 is 1.38 bits per heavy atom. The first kappa shape index (κ1) is 8.00. The van der Waals surface area contributed by atoms with Crippen molar-refractivity contribution in [3.63, 3.8) is 0 Å². The highest BCUT2D eigenvalue weighted by molar-refractivity contribution is 9.10. The topological polar surface area (TPSA) is 29.9 Å². The van der Waals surface area contributed by atoms with Crippen molar-refractivity contribution in [1.82, 2.24) is 15.1 Å². The molecule has 0 amide bonds. The second-order valence-electron chi connectivity index (χ2n) is 3.85. The van der Waals surface area contributed by atoms with Gasteiger partial charge in [0.25, 0.3) is 0 Å². The number of nitrogens with one attached hydrogen (secondary N) is 1. The van der Waals surface area contributed by atoms with E-state index in [1.54, 1.807) is 0 Å². The van der Waals surface area contributed by atoms with Crippen LogP contribution in [0.5, 0.6) is 0 Å². The molecule has 1 saturated carbocycles. The van der Waals surface area contributed by atoms with Gasteiger partial charge in [-0.05, 0) is 35.2 Å². The number of aromatic nitrogens is 2. The molecule has 2 aliphatic rings. The largest absolute Gasteiger partial charge is 0.307 e. The van der Waals surface area contributed by atoms with Gasteiger partial charge in [-0.3, -0.25) is 4.68 Å². The minimum atomic E-state index is 0.681. The minimum absolute atomic E-state index is 0.681. The Morgan fingerprint density at radius 3 is 2.92 bits per heavy atom. The number of nitrogens with zero attached hydrogens (tertiary/aromatic N) is 2. The van der Waals surface area contributed by atoms with Crippen LogP contribution in [0.25, 0.3) is 0 Å². The Kier molecular flexibility index (Phi) is 1.73. The average Bonchev–Trinajstić information content (AvgIpc) is 2.53. The summed E-state index contributed by atoms with van der Waals surface area (Å²) in [7, 11) is 0. The highest BCUT2D eigenvalue weighted by atomic mass is 79.9. The van der Waals surface area contributed by atoms with E-state index >= 15 is 0 Å². The predicted octanol–water partition coefficient (Wildman–Crippen LogP) is 1.97. The third-order valence-corrected chi connectivity index (χ3v) is 3.72. The van der Waals surface area contributed by atoms with Crippen molar-refractivity contribution in [2.75, 3.05) is 0 Å². The van der Waals surface area contributed by atoms with E-state index in [9.17, 15) is 0 Å². The van der Waals surface area contributed by atoms with Crippen LogP contribution in [0.2, 0.25) is 0 Å². The molecule has 70 valence electrons. The molecule has 0 saturated heterocycles. The fourth-order valence-electron chi connectivity index (χ4n) is 2.07. The van der Waals surface area contributed by atoms with E-state index in [-0.39, 0.29) is 0 Å². The number of rotatable bonds is 1. The van der Waals surface area contributed by atoms with Gasteiger partial charge >= 0.3 is 0 Å². The molecule has 1 aliphatic heterocycles. The summed E-state index contributed by atoms with van der Waals surface area (Å²) in [6.45, 7) is 1.97. The van der Waals surface area contributed by atoms with Crippen LogP contribution in [0.15, 0.2) is 4.60 Å². The molecule has 1 aromatic heterocycles. The normalized spacial score (nSPS) is 21.6. The maximum atomic E-state index is 4.55. The monoisotopic (exact) mass is 241 g/mol. The van der Waals surface area contributed by atoms with Crippen LogP contribution in [0.1, 0.15) is 36.6 Å². The highest BCUT2D eigenvalue weighted by Gasteiger charge is 2.27. The van der Waals surface area contributed by atoms with E-state index in [2.05, 4.69) is 31.0 Å². The second-order valence-corrected chi connectivity index (χ2v) is 4.60. The maximum Gasteiger partial charge on any atom is 0.132 e. The molecule has 3 rings (SSSR count). The zero-order valence-electron chi connectivity index (χ0n) is 7.39. The first-order valence-corrected chi connectivity index (χ1v) is 5.62. The van der Waals surface area contributed by atoms with Crippen LogP contribution in [-0.2, 0) is 13.1 Å². The van der Waals surface area contributed by atoms with E-state index in [4.69, 9.17) is 0 Å². The Balaban J connectivity index is 2.04. The van der Waals surface area contributed by atoms with Gasteiger partial charge in [0.15, 0.2) is 0 Å². The zero-order valence-corrected chi connectivity index (χ0v) is 8.97. The third-order valence-electron chi connectivity index (χ3n) is 3.08. The van der Waals surface area contributed by atoms with Crippen LogP contribution in [0.3, 0.4) is 0 Å². The van der Waals surface area contributed by atoms with E-state index in [1.165, 1.54) is 30.5 Å². The van der Waals surface area contributed by atoms with Gasteiger partial charge in [0, 0.05) is 18.7 Å². The van der Waals surface area contributed by atoms with E-state index < -0.39 is 0 Å². The zero-order chi connectivity index (χ0) is 8.84. The van der Waals surface area contributed by atoms with Crippen molar-refractivity contribution in [3.05, 3.63) is 15.9 Å². The van der Waals surface area contributed by atoms with Crippen LogP contribution in [0.4, 0.5) is 0 Å². The summed E-state index contributed by atoms with van der Waals surface area (Å²) in [5.41, 5.74) is 2.77. The fourth-order valence-corrected chi connectivity index (χ4v) is 2.61. The summed E-state index contributed by atoms with van der Waals surface area (Å²) in [4.78, 5) is 0. The number of fused-ring (bicyclic) bond motifs is 1. The molecule has 0 aromatic carbocycles. The lowest BCUT2D eigenvalue weighted by atomic mass is 9.93. The molecule has 1 aromatic rings. The minimum Gasteiger partial charge on any atom is -0.307 e. The molecular formula is C9H12BrN3. The van der Waals surface area contributed by atoms with Gasteiger partial charge in [0.1, 0.15) is 4.60 Å². The Hall–Kier alpha value is -0.350. The molecule has 13 heavy (non-hydrogen) atoms. The molecule has 0 unspecified atom stereocenters. The number of hydrogen-bond donors (Lipinski definition) is 1. The Bertz CT molecular complexity index is 341. The van der Waals surface area contributed by atoms with Gasteiger partial charge in [-0.2, -0.15) is 5.10 Å². The molecule has 0 atom stereocenters. The van der Waals surface area contributed by atoms with Crippen LogP contribution in [0, 0.1) is 0 Å². The fraction of sp³-hybridized carbons (Fsp3) is 0.667. The Labute approximate surface area is 85.6 Å². The second kappa shape index (κ2) is 2.82. The van der Waals surface area contributed by atoms with E-state index in [1.807, 2.05) is 0 Å². The molecule has 0 radical (unpaired) electrons. The van der Waals surface area contributed by atoms with Crippen molar-refractivity contribution in [3.8, 4) is 0 Å². The van der Waals surface area contributed by atoms with E-state index in [0.29, 0.717) is 6.04 Å². The predicted molar refractivity (Wildman–Crippen MR) is 53.4 cm³/mol. The quantitative estimate of drug-likeness (QED) is 0.815. The summed E-state index contributed by atoms with van der Waals surface area (Å²) in [6, 6.07) is 0.681. The number of halogens is 1. The SMILES string of the molecule is Brc1nn(C2CCC2)c2c1CNC2. The van der Waals surface area contributed by atoms with Gasteiger partial charge in [-0.1, -0.05) is 0 Å². The third kappa shape index (κ3) is 1.08. The van der Waals surface area contributed by atoms with Crippen molar-refractivity contribution in [2.24, 2.45) is 0 Å². The maximum absolute atomic E-state index is 4.55. The highest BCUT2D eigenvalue weighted by Crippen LogP contribution is 2.35. The van der Waals surface area contributed by atoms with Crippen molar-refractivity contribution in [2.45, 2.75) is 38.4 Å². The van der Waals surface area contributed by atoms with Gasteiger partial charge < -0.3 is 5.32 Å². The molecule has 1 N–H and O–H groups in total. The molecule has 0 bridgehead atoms. The summed E-state index contributed by atoms with van der Waals surface area (Å²) in [6.07, 6.45) is 3.98. The molecule has 1 fully saturated rings. The molecule has 0 spiro atoms. The van der Waals surface area contributed by atoms with Crippen molar-refractivity contribution in [1.29, 1.82) is 0 Å². The molecular weight excluding hydrogens is 230 g/mol. The van der Waals surface area contributed by atoms with Gasteiger partial charge in [-0.25, -0.2) is 0 Å². The van der Waals surface area contributed by atoms with E-state index in [0.717, 1.165) is 17.7 Å². The molecule has 1 aliphatic carbocycles. The lowest BCUT2D eigenvalue weighted by molar-refractivity contribution is 0.281. The summed E-state index contributed by atoms with van der Waals surface area (Å²) in [5.74, 6) is 0. The smallest absolute Gasteiger partial charge is 0.132 e. The standard InChI is InChI=1S/C9H12BrN3/c10-9-7-4-11-5-8(7)13(12-9)6-2-1-3-6/h6,11H,1-5H2. The summed E-state index contributed by atoms with van der Waals surface area (Å²) < 4.78 is 3.27. The van der Waals surface area contributed by atoms with Gasteiger partial charge in [0.05, 0.1) is 11.7 Å². The lowest BCUT2D eigenvalue weighted by Gasteiger charge is -2.27. The molecule has 2 heterocycles. The first-order chi connectivity index (χ1) is 6.36. The summed E-state index contributed by atoms with van der Waals surface area (Å²) >= 11 is 3.52. The molecule has 3 nitrogen and oxygen atoms in total. The number of hydrogen-bond acceptors (Lipinski definition) is 2. The van der Waals surface area contributed by atoms with Crippen molar-refractivity contribution < 1.29 is 0 Å². The van der Waals surface area contributed by atoms with Gasteiger partial charge in [0.2, 0.25) is 0 Å². The molecule has 4 heteroatoms. The first-order valence-electron chi connectivity index (χ1n) is 4.83. The lowest BCUT2D eigenvalue weighted by Crippen LogP contribution is -2.21. The average molecular weight is 242 g/mol. The van der Waals surface area contributed by atoms with Crippen molar-refractivity contribution >= 4 is 15.9 Å². The Morgan fingerprint density at radius 2 is 2.23 bits per heavy atom. The summed E-state index contributed by atoms with van der Waals surface area (Å²) in [5, 5.41) is 7.91. The van der Waals surface area contributed by atoms with Gasteiger partial charge in [-0.15, -0.1) is 0 Å². The van der Waals surface area contributed by atoms with Crippen LogP contribution < -0.4 is 5.32 Å².